The quantitative estimate of drug-likeness (QED) is 0.655. The SMILES string of the molecule is Cc1c(-c2ccc(C(F)(F)F)cc2O)nnc(N[C@@H]2CCCN(C)C2)c1COC(N)=O. The van der Waals surface area contributed by atoms with E-state index in [1.54, 1.807) is 6.92 Å². The minimum Gasteiger partial charge on any atom is -0.507 e. The zero-order chi connectivity index (χ0) is 22.8. The van der Waals surface area contributed by atoms with E-state index >= 15 is 0 Å². The number of halogens is 3. The van der Waals surface area contributed by atoms with E-state index in [4.69, 9.17) is 10.5 Å². The van der Waals surface area contributed by atoms with E-state index in [1.165, 1.54) is 0 Å². The van der Waals surface area contributed by atoms with Gasteiger partial charge in [0.1, 0.15) is 18.1 Å². The highest BCUT2D eigenvalue weighted by Gasteiger charge is 2.31. The van der Waals surface area contributed by atoms with Crippen LogP contribution in [-0.2, 0) is 17.5 Å². The maximum absolute atomic E-state index is 12.9. The lowest BCUT2D eigenvalue weighted by molar-refractivity contribution is -0.137. The van der Waals surface area contributed by atoms with Crippen molar-refractivity contribution >= 4 is 11.9 Å². The normalized spacial score (nSPS) is 17.4. The smallest absolute Gasteiger partial charge is 0.416 e. The summed E-state index contributed by atoms with van der Waals surface area (Å²) in [6.45, 7) is 3.25. The first-order valence-electron chi connectivity index (χ1n) is 9.70. The molecule has 11 heteroatoms. The fraction of sp³-hybridized carbons (Fsp3) is 0.450. The molecule has 2 heterocycles. The Balaban J connectivity index is 1.99. The molecule has 0 radical (unpaired) electrons. The van der Waals surface area contributed by atoms with Gasteiger partial charge in [0.25, 0.3) is 0 Å². The Hall–Kier alpha value is -3.08. The first-order valence-corrected chi connectivity index (χ1v) is 9.70. The van der Waals surface area contributed by atoms with Gasteiger partial charge in [-0.2, -0.15) is 13.2 Å². The van der Waals surface area contributed by atoms with Crippen molar-refractivity contribution in [2.24, 2.45) is 5.73 Å². The Morgan fingerprint density at radius 2 is 2.13 bits per heavy atom. The predicted molar refractivity (Wildman–Crippen MR) is 107 cm³/mol. The molecule has 0 unspecified atom stereocenters. The number of aromatic nitrogens is 2. The third kappa shape index (κ3) is 5.35. The summed E-state index contributed by atoms with van der Waals surface area (Å²) in [4.78, 5) is 13.3. The number of nitrogens with one attached hydrogen (secondary N) is 1. The molecule has 3 rings (SSSR count). The third-order valence-corrected chi connectivity index (χ3v) is 5.25. The van der Waals surface area contributed by atoms with Gasteiger partial charge < -0.3 is 25.8 Å². The van der Waals surface area contributed by atoms with E-state index in [9.17, 15) is 23.1 Å². The topological polar surface area (TPSA) is 114 Å². The molecule has 1 saturated heterocycles. The summed E-state index contributed by atoms with van der Waals surface area (Å²) in [7, 11) is 2.01. The van der Waals surface area contributed by atoms with Gasteiger partial charge in [0, 0.05) is 23.7 Å². The lowest BCUT2D eigenvalue weighted by Crippen LogP contribution is -2.40. The Morgan fingerprint density at radius 3 is 2.74 bits per heavy atom. The van der Waals surface area contributed by atoms with Gasteiger partial charge in [-0.05, 0) is 57.1 Å². The number of amides is 1. The van der Waals surface area contributed by atoms with Gasteiger partial charge in [0.15, 0.2) is 5.82 Å². The predicted octanol–water partition coefficient (Wildman–Crippen LogP) is 3.28. The summed E-state index contributed by atoms with van der Waals surface area (Å²) in [6, 6.07) is 2.74. The number of anilines is 1. The van der Waals surface area contributed by atoms with Gasteiger partial charge in [0.05, 0.1) is 5.56 Å². The molecule has 1 aliphatic heterocycles. The molecular weight excluding hydrogens is 415 g/mol. The number of hydrogen-bond donors (Lipinski definition) is 3. The number of carbonyl (C=O) groups excluding carboxylic acids is 1. The number of ether oxygens (including phenoxy) is 1. The number of primary amides is 1. The molecule has 0 aliphatic carbocycles. The molecule has 1 aliphatic rings. The van der Waals surface area contributed by atoms with Crippen molar-refractivity contribution in [1.82, 2.24) is 15.1 Å². The number of piperidine rings is 1. The molecule has 0 spiro atoms. The monoisotopic (exact) mass is 439 g/mol. The molecule has 8 nitrogen and oxygen atoms in total. The Bertz CT molecular complexity index is 968. The van der Waals surface area contributed by atoms with Crippen LogP contribution in [0.1, 0.15) is 29.5 Å². The fourth-order valence-corrected chi connectivity index (χ4v) is 3.63. The second kappa shape index (κ2) is 8.96. The number of likely N-dealkylation sites (tertiary alicyclic amines) is 1. The van der Waals surface area contributed by atoms with Gasteiger partial charge in [0.2, 0.25) is 0 Å². The van der Waals surface area contributed by atoms with Crippen LogP contribution in [0.25, 0.3) is 11.3 Å². The molecular formula is C20H24F3N5O3. The van der Waals surface area contributed by atoms with Crippen molar-refractivity contribution in [2.75, 3.05) is 25.5 Å². The maximum Gasteiger partial charge on any atom is 0.416 e. The molecule has 1 fully saturated rings. The molecule has 1 amide bonds. The minimum atomic E-state index is -4.59. The van der Waals surface area contributed by atoms with Crippen LogP contribution >= 0.6 is 0 Å². The Labute approximate surface area is 177 Å². The van der Waals surface area contributed by atoms with Crippen LogP contribution in [0.15, 0.2) is 18.2 Å². The van der Waals surface area contributed by atoms with Gasteiger partial charge in [-0.1, -0.05) is 0 Å². The van der Waals surface area contributed by atoms with Crippen LogP contribution < -0.4 is 11.1 Å². The second-order valence-corrected chi connectivity index (χ2v) is 7.58. The number of benzene rings is 1. The molecule has 31 heavy (non-hydrogen) atoms. The first-order chi connectivity index (χ1) is 14.6. The maximum atomic E-state index is 12.9. The van der Waals surface area contributed by atoms with Crippen LogP contribution in [0.4, 0.5) is 23.8 Å². The van der Waals surface area contributed by atoms with E-state index in [-0.39, 0.29) is 23.9 Å². The average Bonchev–Trinajstić information content (AvgIpc) is 2.67. The highest BCUT2D eigenvalue weighted by Crippen LogP contribution is 2.38. The molecule has 2 aromatic rings. The van der Waals surface area contributed by atoms with Crippen molar-refractivity contribution in [3.8, 4) is 17.0 Å². The van der Waals surface area contributed by atoms with Gasteiger partial charge in [-0.15, -0.1) is 10.2 Å². The lowest BCUT2D eigenvalue weighted by Gasteiger charge is -2.31. The Kier molecular flexibility index (Phi) is 6.54. The van der Waals surface area contributed by atoms with E-state index in [1.807, 2.05) is 7.05 Å². The lowest BCUT2D eigenvalue weighted by atomic mass is 10.00. The number of alkyl halides is 3. The van der Waals surface area contributed by atoms with E-state index in [0.29, 0.717) is 23.0 Å². The number of hydrogen-bond acceptors (Lipinski definition) is 7. The third-order valence-electron chi connectivity index (χ3n) is 5.25. The molecule has 1 aromatic carbocycles. The van der Waals surface area contributed by atoms with Crippen molar-refractivity contribution in [2.45, 2.75) is 38.6 Å². The number of phenolic OH excluding ortho intramolecular Hbond substituents is 1. The zero-order valence-corrected chi connectivity index (χ0v) is 17.2. The van der Waals surface area contributed by atoms with Crippen molar-refractivity contribution in [3.05, 3.63) is 34.9 Å². The highest BCUT2D eigenvalue weighted by molar-refractivity contribution is 5.73. The van der Waals surface area contributed by atoms with Gasteiger partial charge in [-0.3, -0.25) is 0 Å². The number of nitrogens with two attached hydrogens (primary N) is 1. The van der Waals surface area contributed by atoms with Gasteiger partial charge >= 0.3 is 12.3 Å². The highest BCUT2D eigenvalue weighted by atomic mass is 19.4. The Morgan fingerprint density at radius 1 is 1.39 bits per heavy atom. The summed E-state index contributed by atoms with van der Waals surface area (Å²) >= 11 is 0. The number of phenols is 1. The summed E-state index contributed by atoms with van der Waals surface area (Å²) in [5.41, 5.74) is 5.37. The largest absolute Gasteiger partial charge is 0.507 e. The van der Waals surface area contributed by atoms with Crippen molar-refractivity contribution < 1.29 is 27.8 Å². The summed E-state index contributed by atoms with van der Waals surface area (Å²) in [6.07, 6.45) is -3.63. The number of likely N-dealkylation sites (N-methyl/N-ethyl adjacent to an activating group) is 1. The van der Waals surface area contributed by atoms with Crippen LogP contribution in [0.3, 0.4) is 0 Å². The number of carbonyl (C=O) groups is 1. The van der Waals surface area contributed by atoms with E-state index in [2.05, 4.69) is 20.4 Å². The molecule has 1 aromatic heterocycles. The van der Waals surface area contributed by atoms with Crippen LogP contribution in [-0.4, -0.2) is 52.5 Å². The van der Waals surface area contributed by atoms with Crippen LogP contribution in [0.5, 0.6) is 5.75 Å². The molecule has 1 atom stereocenters. The van der Waals surface area contributed by atoms with Crippen LogP contribution in [0.2, 0.25) is 0 Å². The van der Waals surface area contributed by atoms with Crippen molar-refractivity contribution in [3.63, 3.8) is 0 Å². The van der Waals surface area contributed by atoms with E-state index < -0.39 is 23.6 Å². The average molecular weight is 439 g/mol. The second-order valence-electron chi connectivity index (χ2n) is 7.58. The fourth-order valence-electron chi connectivity index (χ4n) is 3.63. The summed E-state index contributed by atoms with van der Waals surface area (Å²) in [5.74, 6) is -0.183. The van der Waals surface area contributed by atoms with Crippen molar-refractivity contribution in [1.29, 1.82) is 0 Å². The van der Waals surface area contributed by atoms with E-state index in [0.717, 1.165) is 38.1 Å². The number of rotatable bonds is 5. The van der Waals surface area contributed by atoms with Crippen LogP contribution in [0, 0.1) is 6.92 Å². The summed E-state index contributed by atoms with van der Waals surface area (Å²) in [5, 5.41) is 21.8. The summed E-state index contributed by atoms with van der Waals surface area (Å²) < 4.78 is 43.7. The standard InChI is InChI=1S/C20H24F3N5O3/c1-11-15(10-31-19(24)30)18(25-13-4-3-7-28(2)9-13)27-26-17(11)14-6-5-12(8-16(14)29)20(21,22)23/h5-6,8,13,29H,3-4,7,9-10H2,1-2H3,(H2,24,30)(H,25,27)/t13-/m1/s1. The molecule has 4 N–H and O–H groups in total. The molecule has 168 valence electrons. The minimum absolute atomic E-state index is 0.0854. The number of aromatic hydroxyl groups is 1. The zero-order valence-electron chi connectivity index (χ0n) is 17.2. The molecule has 0 saturated carbocycles. The van der Waals surface area contributed by atoms with Gasteiger partial charge in [-0.25, -0.2) is 4.79 Å². The number of nitrogens with zero attached hydrogens (tertiary/aromatic N) is 3. The first kappa shape index (κ1) is 22.6. The molecule has 0 bridgehead atoms.